The van der Waals surface area contributed by atoms with Gasteiger partial charge in [-0.25, -0.2) is 0 Å². The van der Waals surface area contributed by atoms with E-state index in [0.29, 0.717) is 0 Å². The molecule has 106 valence electrons. The molecule has 2 nitrogen and oxygen atoms in total. The Bertz CT molecular complexity index is 816. The summed E-state index contributed by atoms with van der Waals surface area (Å²) in [5.74, 6) is 0.863. The first-order valence-corrected chi connectivity index (χ1v) is 7.38. The minimum absolute atomic E-state index is 0.835. The van der Waals surface area contributed by atoms with Crippen molar-refractivity contribution in [3.8, 4) is 11.3 Å². The van der Waals surface area contributed by atoms with Crippen molar-refractivity contribution in [2.45, 2.75) is 20.3 Å². The number of benzene rings is 2. The first kappa shape index (κ1) is 13.6. The summed E-state index contributed by atoms with van der Waals surface area (Å²) < 4.78 is 6.06. The van der Waals surface area contributed by atoms with Crippen LogP contribution in [0.3, 0.4) is 0 Å². The van der Waals surface area contributed by atoms with Gasteiger partial charge in [-0.2, -0.15) is 0 Å². The monoisotopic (exact) mass is 277 g/mol. The van der Waals surface area contributed by atoms with Gasteiger partial charge in [-0.15, -0.1) is 0 Å². The van der Waals surface area contributed by atoms with Crippen molar-refractivity contribution in [3.63, 3.8) is 0 Å². The molecule has 0 amide bonds. The molecule has 0 N–H and O–H groups in total. The predicted octanol–water partition coefficient (Wildman–Crippen LogP) is 4.72. The molecule has 0 aliphatic carbocycles. The van der Waals surface area contributed by atoms with Gasteiger partial charge in [0.2, 0.25) is 0 Å². The van der Waals surface area contributed by atoms with E-state index in [1.165, 1.54) is 5.56 Å². The van der Waals surface area contributed by atoms with Crippen molar-refractivity contribution < 1.29 is 4.42 Å². The molecule has 3 rings (SSSR count). The summed E-state index contributed by atoms with van der Waals surface area (Å²) in [5.41, 5.74) is 3.18. The number of rotatable bonds is 3. The van der Waals surface area contributed by atoms with Gasteiger partial charge < -0.3 is 4.42 Å². The van der Waals surface area contributed by atoms with Crippen molar-refractivity contribution in [3.05, 3.63) is 65.5 Å². The van der Waals surface area contributed by atoms with Crippen LogP contribution in [-0.2, 0) is 0 Å². The minimum atomic E-state index is 0.835. The average molecular weight is 277 g/mol. The first-order valence-electron chi connectivity index (χ1n) is 7.38. The van der Waals surface area contributed by atoms with Crippen molar-refractivity contribution in [2.75, 3.05) is 6.54 Å². The number of hydrogen-bond acceptors (Lipinski definition) is 2. The standard InChI is InChI=1S/C19H19NO/c1-3-11-20-17-13-19(15-7-5-4-6-8-15)21-18-10-9-14(2)12-16(17)18/h4-10,12-13H,3,11H2,1-2H3/b20-17-. The Morgan fingerprint density at radius 3 is 2.57 bits per heavy atom. The summed E-state index contributed by atoms with van der Waals surface area (Å²) in [7, 11) is 0. The van der Waals surface area contributed by atoms with Gasteiger partial charge >= 0.3 is 0 Å². The highest BCUT2D eigenvalue weighted by Gasteiger charge is 2.05. The highest BCUT2D eigenvalue weighted by molar-refractivity contribution is 5.79. The molecule has 0 spiro atoms. The normalized spacial score (nSPS) is 12.0. The van der Waals surface area contributed by atoms with Gasteiger partial charge in [0, 0.05) is 23.6 Å². The highest BCUT2D eigenvalue weighted by Crippen LogP contribution is 2.22. The highest BCUT2D eigenvalue weighted by atomic mass is 16.3. The molecule has 0 radical (unpaired) electrons. The van der Waals surface area contributed by atoms with Crippen LogP contribution in [0.15, 0.2) is 64.0 Å². The second-order valence-corrected chi connectivity index (χ2v) is 5.24. The van der Waals surface area contributed by atoms with E-state index in [4.69, 9.17) is 9.41 Å². The Kier molecular flexibility index (Phi) is 3.87. The lowest BCUT2D eigenvalue weighted by Crippen LogP contribution is -2.05. The van der Waals surface area contributed by atoms with Gasteiger partial charge in [0.05, 0.1) is 5.36 Å². The van der Waals surface area contributed by atoms with E-state index < -0.39 is 0 Å². The number of aryl methyl sites for hydroxylation is 1. The summed E-state index contributed by atoms with van der Waals surface area (Å²) in [6.45, 7) is 5.07. The Balaban J connectivity index is 2.27. The van der Waals surface area contributed by atoms with Crippen LogP contribution in [0.2, 0.25) is 0 Å². The Labute approximate surface area is 124 Å². The van der Waals surface area contributed by atoms with E-state index in [1.807, 2.05) is 30.3 Å². The van der Waals surface area contributed by atoms with E-state index in [-0.39, 0.29) is 0 Å². The van der Waals surface area contributed by atoms with Crippen LogP contribution in [0.25, 0.3) is 22.3 Å². The summed E-state index contributed by atoms with van der Waals surface area (Å²) in [5, 5.41) is 2.10. The van der Waals surface area contributed by atoms with Gasteiger partial charge in [-0.1, -0.05) is 48.9 Å². The van der Waals surface area contributed by atoms with Crippen LogP contribution in [0.1, 0.15) is 18.9 Å². The number of hydrogen-bond donors (Lipinski definition) is 0. The van der Waals surface area contributed by atoms with E-state index in [1.54, 1.807) is 0 Å². The second kappa shape index (κ2) is 5.96. The summed E-state index contributed by atoms with van der Waals surface area (Å²) in [6.07, 6.45) is 1.04. The van der Waals surface area contributed by atoms with Crippen molar-refractivity contribution in [1.29, 1.82) is 0 Å². The van der Waals surface area contributed by atoms with Crippen LogP contribution in [-0.4, -0.2) is 6.54 Å². The molecule has 0 fully saturated rings. The molecule has 21 heavy (non-hydrogen) atoms. The van der Waals surface area contributed by atoms with E-state index in [0.717, 1.165) is 40.6 Å². The molecule has 2 aromatic carbocycles. The topological polar surface area (TPSA) is 25.5 Å². The molecule has 0 bridgehead atoms. The van der Waals surface area contributed by atoms with Crippen LogP contribution < -0.4 is 5.36 Å². The van der Waals surface area contributed by atoms with Gasteiger partial charge in [0.25, 0.3) is 0 Å². The smallest absolute Gasteiger partial charge is 0.136 e. The molecular weight excluding hydrogens is 258 g/mol. The average Bonchev–Trinajstić information content (AvgIpc) is 2.53. The Hall–Kier alpha value is -2.35. The molecule has 0 aliphatic rings. The molecule has 1 aromatic heterocycles. The van der Waals surface area contributed by atoms with Crippen molar-refractivity contribution in [1.82, 2.24) is 0 Å². The lowest BCUT2D eigenvalue weighted by molar-refractivity contribution is 0.618. The van der Waals surface area contributed by atoms with Gasteiger partial charge in [0.1, 0.15) is 11.3 Å². The molecule has 0 atom stereocenters. The number of fused-ring (bicyclic) bond motifs is 1. The molecule has 3 aromatic rings. The summed E-state index contributed by atoms with van der Waals surface area (Å²) in [4.78, 5) is 4.72. The van der Waals surface area contributed by atoms with Gasteiger partial charge in [0.15, 0.2) is 0 Å². The fourth-order valence-corrected chi connectivity index (χ4v) is 2.39. The molecule has 1 heterocycles. The maximum absolute atomic E-state index is 6.06. The molecule has 0 saturated carbocycles. The predicted molar refractivity (Wildman–Crippen MR) is 87.1 cm³/mol. The van der Waals surface area contributed by atoms with Gasteiger partial charge in [-0.3, -0.25) is 4.99 Å². The fraction of sp³-hybridized carbons (Fsp3) is 0.211. The molecule has 0 aliphatic heterocycles. The van der Waals surface area contributed by atoms with E-state index in [9.17, 15) is 0 Å². The third-order valence-electron chi connectivity index (χ3n) is 3.46. The van der Waals surface area contributed by atoms with Crippen LogP contribution in [0, 0.1) is 6.92 Å². The quantitative estimate of drug-likeness (QED) is 0.680. The maximum Gasteiger partial charge on any atom is 0.136 e. The lowest BCUT2D eigenvalue weighted by atomic mass is 10.1. The van der Waals surface area contributed by atoms with Crippen LogP contribution >= 0.6 is 0 Å². The van der Waals surface area contributed by atoms with E-state index >= 15 is 0 Å². The molecule has 0 saturated heterocycles. The first-order chi connectivity index (χ1) is 10.3. The molecule has 2 heteroatoms. The zero-order valence-electron chi connectivity index (χ0n) is 12.5. The third kappa shape index (κ3) is 2.89. The SMILES string of the molecule is CCC/N=c1/cc(-c2ccccc2)oc2ccc(C)cc12. The Morgan fingerprint density at radius 1 is 1.00 bits per heavy atom. The van der Waals surface area contributed by atoms with Crippen molar-refractivity contribution in [2.24, 2.45) is 4.99 Å². The zero-order valence-corrected chi connectivity index (χ0v) is 12.5. The lowest BCUT2D eigenvalue weighted by Gasteiger charge is -2.05. The fourth-order valence-electron chi connectivity index (χ4n) is 2.39. The number of nitrogens with zero attached hydrogens (tertiary/aromatic N) is 1. The molecular formula is C19H19NO. The second-order valence-electron chi connectivity index (χ2n) is 5.24. The third-order valence-corrected chi connectivity index (χ3v) is 3.46. The maximum atomic E-state index is 6.06. The largest absolute Gasteiger partial charge is 0.456 e. The summed E-state index contributed by atoms with van der Waals surface area (Å²) in [6, 6.07) is 18.5. The van der Waals surface area contributed by atoms with Crippen LogP contribution in [0.4, 0.5) is 0 Å². The van der Waals surface area contributed by atoms with Gasteiger partial charge in [-0.05, 0) is 25.5 Å². The van der Waals surface area contributed by atoms with Crippen LogP contribution in [0.5, 0.6) is 0 Å². The Morgan fingerprint density at radius 2 is 1.81 bits per heavy atom. The summed E-state index contributed by atoms with van der Waals surface area (Å²) >= 11 is 0. The zero-order chi connectivity index (χ0) is 14.7. The molecule has 0 unspecified atom stereocenters. The van der Waals surface area contributed by atoms with E-state index in [2.05, 4.69) is 38.1 Å². The minimum Gasteiger partial charge on any atom is -0.456 e. The van der Waals surface area contributed by atoms with Crippen molar-refractivity contribution >= 4 is 11.0 Å².